The Morgan fingerprint density at radius 1 is 0.963 bits per heavy atom. The third kappa shape index (κ3) is 4.75. The molecule has 0 aromatic heterocycles. The maximum Gasteiger partial charge on any atom is 0.251 e. The second-order valence-electron chi connectivity index (χ2n) is 5.65. The van der Waals surface area contributed by atoms with E-state index in [-0.39, 0.29) is 12.7 Å². The van der Waals surface area contributed by atoms with Crippen molar-refractivity contribution in [2.75, 3.05) is 33.2 Å². The summed E-state index contributed by atoms with van der Waals surface area (Å²) in [5, 5.41) is 2.83. The van der Waals surface area contributed by atoms with Gasteiger partial charge in [0.25, 0.3) is 5.91 Å². The van der Waals surface area contributed by atoms with Crippen LogP contribution in [0.2, 0.25) is 0 Å². The summed E-state index contributed by atoms with van der Waals surface area (Å²) >= 11 is 0. The molecule has 0 saturated heterocycles. The predicted molar refractivity (Wildman–Crippen MR) is 99.2 cm³/mol. The molecule has 1 aliphatic rings. The SMILES string of the molecule is CCOc1ccc(C(=O)NCCOc2ccc3c(c2)OCO3)cc1OCC. The van der Waals surface area contributed by atoms with Crippen LogP contribution in [0.25, 0.3) is 0 Å². The molecular weight excluding hydrogens is 350 g/mol. The number of rotatable bonds is 9. The van der Waals surface area contributed by atoms with Crippen LogP contribution in [-0.2, 0) is 0 Å². The number of nitrogens with one attached hydrogen (secondary N) is 1. The van der Waals surface area contributed by atoms with Crippen LogP contribution in [0.1, 0.15) is 24.2 Å². The number of amides is 1. The van der Waals surface area contributed by atoms with E-state index in [2.05, 4.69) is 5.32 Å². The Labute approximate surface area is 158 Å². The fraction of sp³-hybridized carbons (Fsp3) is 0.350. The lowest BCUT2D eigenvalue weighted by Crippen LogP contribution is -2.28. The highest BCUT2D eigenvalue weighted by Crippen LogP contribution is 2.35. The largest absolute Gasteiger partial charge is 0.492 e. The van der Waals surface area contributed by atoms with Gasteiger partial charge in [0.05, 0.1) is 19.8 Å². The molecule has 7 nitrogen and oxygen atoms in total. The van der Waals surface area contributed by atoms with Gasteiger partial charge in [0.1, 0.15) is 12.4 Å². The average Bonchev–Trinajstić information content (AvgIpc) is 3.14. The second kappa shape index (κ2) is 9.02. The summed E-state index contributed by atoms with van der Waals surface area (Å²) in [6.07, 6.45) is 0. The van der Waals surface area contributed by atoms with Crippen molar-refractivity contribution in [3.8, 4) is 28.7 Å². The number of fused-ring (bicyclic) bond motifs is 1. The number of hydrogen-bond acceptors (Lipinski definition) is 6. The zero-order valence-electron chi connectivity index (χ0n) is 15.4. The minimum absolute atomic E-state index is 0.201. The Morgan fingerprint density at radius 2 is 1.74 bits per heavy atom. The Hall–Kier alpha value is -3.09. The summed E-state index contributed by atoms with van der Waals surface area (Å²) < 4.78 is 27.3. The predicted octanol–water partition coefficient (Wildman–Crippen LogP) is 3.02. The molecule has 1 aliphatic heterocycles. The average molecular weight is 373 g/mol. The monoisotopic (exact) mass is 373 g/mol. The number of ether oxygens (including phenoxy) is 5. The Balaban J connectivity index is 1.51. The smallest absolute Gasteiger partial charge is 0.251 e. The molecule has 1 heterocycles. The van der Waals surface area contributed by atoms with E-state index >= 15 is 0 Å². The van der Waals surface area contributed by atoms with E-state index in [9.17, 15) is 4.79 Å². The minimum Gasteiger partial charge on any atom is -0.492 e. The third-order valence-corrected chi connectivity index (χ3v) is 3.81. The lowest BCUT2D eigenvalue weighted by Gasteiger charge is -2.13. The van der Waals surface area contributed by atoms with E-state index in [0.717, 1.165) is 0 Å². The molecular formula is C20H23NO6. The highest BCUT2D eigenvalue weighted by Gasteiger charge is 2.14. The van der Waals surface area contributed by atoms with Gasteiger partial charge in [-0.1, -0.05) is 0 Å². The van der Waals surface area contributed by atoms with Crippen molar-refractivity contribution in [1.29, 1.82) is 0 Å². The highest BCUT2D eigenvalue weighted by atomic mass is 16.7. The van der Waals surface area contributed by atoms with Crippen LogP contribution >= 0.6 is 0 Å². The maximum absolute atomic E-state index is 12.3. The molecule has 0 unspecified atom stereocenters. The van der Waals surface area contributed by atoms with Gasteiger partial charge in [-0.05, 0) is 44.2 Å². The standard InChI is InChI=1S/C20H23NO6/c1-3-23-16-7-5-14(11-18(16)24-4-2)20(22)21-9-10-25-15-6-8-17-19(12-15)27-13-26-17/h5-8,11-12H,3-4,9-10,13H2,1-2H3,(H,21,22). The minimum atomic E-state index is -0.201. The molecule has 3 rings (SSSR count). The number of carbonyl (C=O) groups is 1. The van der Waals surface area contributed by atoms with E-state index in [1.165, 1.54) is 0 Å². The van der Waals surface area contributed by atoms with Crippen LogP contribution in [0, 0.1) is 0 Å². The molecule has 0 spiro atoms. The molecule has 0 radical (unpaired) electrons. The van der Waals surface area contributed by atoms with E-state index in [0.29, 0.717) is 60.7 Å². The van der Waals surface area contributed by atoms with Crippen LogP contribution in [0.15, 0.2) is 36.4 Å². The summed E-state index contributed by atoms with van der Waals surface area (Å²) in [6, 6.07) is 10.5. The van der Waals surface area contributed by atoms with Gasteiger partial charge in [0, 0.05) is 11.6 Å². The molecule has 1 N–H and O–H groups in total. The van der Waals surface area contributed by atoms with E-state index in [4.69, 9.17) is 23.7 Å². The first kappa shape index (κ1) is 18.7. The van der Waals surface area contributed by atoms with Crippen LogP contribution in [0.5, 0.6) is 28.7 Å². The van der Waals surface area contributed by atoms with Gasteiger partial charge in [-0.2, -0.15) is 0 Å². The fourth-order valence-electron chi connectivity index (χ4n) is 2.59. The molecule has 2 aromatic rings. The van der Waals surface area contributed by atoms with Crippen LogP contribution in [-0.4, -0.2) is 39.1 Å². The van der Waals surface area contributed by atoms with Crippen molar-refractivity contribution in [2.24, 2.45) is 0 Å². The van der Waals surface area contributed by atoms with E-state index in [1.54, 1.807) is 36.4 Å². The number of carbonyl (C=O) groups excluding carboxylic acids is 1. The van der Waals surface area contributed by atoms with Gasteiger partial charge in [-0.15, -0.1) is 0 Å². The first-order chi connectivity index (χ1) is 13.2. The van der Waals surface area contributed by atoms with Crippen molar-refractivity contribution in [3.05, 3.63) is 42.0 Å². The van der Waals surface area contributed by atoms with Gasteiger partial charge in [-0.25, -0.2) is 0 Å². The zero-order valence-corrected chi connectivity index (χ0v) is 15.4. The van der Waals surface area contributed by atoms with Gasteiger partial charge in [0.2, 0.25) is 6.79 Å². The van der Waals surface area contributed by atoms with Gasteiger partial charge < -0.3 is 29.0 Å². The first-order valence-electron chi connectivity index (χ1n) is 8.91. The van der Waals surface area contributed by atoms with Crippen LogP contribution in [0.4, 0.5) is 0 Å². The molecule has 0 atom stereocenters. The molecule has 0 bridgehead atoms. The van der Waals surface area contributed by atoms with Crippen molar-refractivity contribution >= 4 is 5.91 Å². The van der Waals surface area contributed by atoms with Crippen LogP contribution < -0.4 is 29.0 Å². The third-order valence-electron chi connectivity index (χ3n) is 3.81. The number of hydrogen-bond donors (Lipinski definition) is 1. The van der Waals surface area contributed by atoms with E-state index in [1.807, 2.05) is 13.8 Å². The maximum atomic E-state index is 12.3. The highest BCUT2D eigenvalue weighted by molar-refractivity contribution is 5.94. The molecule has 144 valence electrons. The summed E-state index contributed by atoms with van der Waals surface area (Å²) in [5.74, 6) is 3.01. The van der Waals surface area contributed by atoms with Gasteiger partial charge >= 0.3 is 0 Å². The summed E-state index contributed by atoms with van der Waals surface area (Å²) in [6.45, 7) is 5.73. The topological polar surface area (TPSA) is 75.3 Å². The van der Waals surface area contributed by atoms with Gasteiger partial charge in [-0.3, -0.25) is 4.79 Å². The Bertz CT molecular complexity index is 792. The Kier molecular flexibility index (Phi) is 6.25. The molecule has 0 aliphatic carbocycles. The van der Waals surface area contributed by atoms with Crippen molar-refractivity contribution in [3.63, 3.8) is 0 Å². The van der Waals surface area contributed by atoms with Crippen molar-refractivity contribution < 1.29 is 28.5 Å². The zero-order chi connectivity index (χ0) is 19.1. The van der Waals surface area contributed by atoms with Crippen molar-refractivity contribution in [1.82, 2.24) is 5.32 Å². The molecule has 0 saturated carbocycles. The van der Waals surface area contributed by atoms with E-state index < -0.39 is 0 Å². The van der Waals surface area contributed by atoms with Crippen molar-refractivity contribution in [2.45, 2.75) is 13.8 Å². The Morgan fingerprint density at radius 3 is 2.56 bits per heavy atom. The number of benzene rings is 2. The summed E-state index contributed by atoms with van der Waals surface area (Å²) in [7, 11) is 0. The fourth-order valence-corrected chi connectivity index (χ4v) is 2.59. The lowest BCUT2D eigenvalue weighted by atomic mass is 10.2. The second-order valence-corrected chi connectivity index (χ2v) is 5.65. The summed E-state index contributed by atoms with van der Waals surface area (Å²) in [4.78, 5) is 12.3. The molecule has 2 aromatic carbocycles. The van der Waals surface area contributed by atoms with Gasteiger partial charge in [0.15, 0.2) is 23.0 Å². The lowest BCUT2D eigenvalue weighted by molar-refractivity contribution is 0.0946. The van der Waals surface area contributed by atoms with Crippen LogP contribution in [0.3, 0.4) is 0 Å². The molecule has 0 fully saturated rings. The molecule has 7 heteroatoms. The molecule has 27 heavy (non-hydrogen) atoms. The normalized spacial score (nSPS) is 11.8. The first-order valence-corrected chi connectivity index (χ1v) is 8.91. The molecule has 1 amide bonds. The summed E-state index contributed by atoms with van der Waals surface area (Å²) in [5.41, 5.74) is 0.505. The quantitative estimate of drug-likeness (QED) is 0.681.